The number of anilines is 1. The molecular formula is C24H18ClIN2O5S. The van der Waals surface area contributed by atoms with Gasteiger partial charge in [0, 0.05) is 0 Å². The van der Waals surface area contributed by atoms with Crippen molar-refractivity contribution in [1.29, 1.82) is 5.26 Å². The van der Waals surface area contributed by atoms with E-state index in [-0.39, 0.29) is 22.0 Å². The third-order valence-corrected chi connectivity index (χ3v) is 6.92. The number of hydrogen-bond donors (Lipinski definition) is 1. The lowest BCUT2D eigenvalue weighted by Gasteiger charge is -2.14. The molecule has 7 nitrogen and oxygen atoms in total. The van der Waals surface area contributed by atoms with Gasteiger partial charge in [-0.25, -0.2) is 0 Å². The normalized spacial score (nSPS) is 11.4. The number of hydrogen-bond acceptors (Lipinski definition) is 6. The lowest BCUT2D eigenvalue weighted by Crippen LogP contribution is -2.14. The molecule has 0 aromatic heterocycles. The number of halogens is 2. The van der Waals surface area contributed by atoms with Crippen molar-refractivity contribution in [3.8, 4) is 17.6 Å². The van der Waals surface area contributed by atoms with Crippen molar-refractivity contribution < 1.29 is 22.1 Å². The zero-order chi connectivity index (χ0) is 24.9. The maximum absolute atomic E-state index is 12.7. The number of carbonyl (C=O) groups excluding carboxylic acids is 1. The highest BCUT2D eigenvalue weighted by molar-refractivity contribution is 14.1. The van der Waals surface area contributed by atoms with Gasteiger partial charge in [-0.1, -0.05) is 41.4 Å². The molecule has 1 N–H and O–H groups in total. The second-order valence-corrected chi connectivity index (χ2v) is 10.1. The zero-order valence-corrected chi connectivity index (χ0v) is 21.7. The van der Waals surface area contributed by atoms with Crippen LogP contribution < -0.4 is 14.2 Å². The van der Waals surface area contributed by atoms with Crippen molar-refractivity contribution in [2.45, 2.75) is 11.8 Å². The molecule has 3 aromatic carbocycles. The standard InChI is InChI=1S/C24H18ClIN2O5S/c1-15-7-9-18(10-8-15)34(30,31)33-23-20(26)12-16(13-22(23)32-2)11-17(14-27)24(29)28-21-6-4-3-5-19(21)25/h3-13H,1-2H3,(H,28,29)/b17-11+. The minimum Gasteiger partial charge on any atom is -0.493 e. The summed E-state index contributed by atoms with van der Waals surface area (Å²) in [5.74, 6) is -0.524. The maximum Gasteiger partial charge on any atom is 0.339 e. The Morgan fingerprint density at radius 2 is 1.82 bits per heavy atom. The third kappa shape index (κ3) is 6.08. The number of para-hydroxylation sites is 1. The lowest BCUT2D eigenvalue weighted by atomic mass is 10.1. The van der Waals surface area contributed by atoms with E-state index in [0.717, 1.165) is 5.56 Å². The van der Waals surface area contributed by atoms with Crippen LogP contribution in [0.1, 0.15) is 11.1 Å². The molecule has 3 rings (SSSR count). The summed E-state index contributed by atoms with van der Waals surface area (Å²) in [4.78, 5) is 12.6. The van der Waals surface area contributed by atoms with Crippen molar-refractivity contribution in [3.63, 3.8) is 0 Å². The average molecular weight is 609 g/mol. The molecule has 0 aliphatic rings. The van der Waals surface area contributed by atoms with Crippen molar-refractivity contribution in [3.05, 3.63) is 86.0 Å². The minimum absolute atomic E-state index is 0.000137. The number of carbonyl (C=O) groups is 1. The second kappa shape index (κ2) is 10.9. The molecule has 0 radical (unpaired) electrons. The van der Waals surface area contributed by atoms with E-state index in [1.807, 2.05) is 35.6 Å². The number of nitrogens with zero attached hydrogens (tertiary/aromatic N) is 1. The van der Waals surface area contributed by atoms with Crippen molar-refractivity contribution in [1.82, 2.24) is 0 Å². The summed E-state index contributed by atoms with van der Waals surface area (Å²) in [6, 6.07) is 17.8. The van der Waals surface area contributed by atoms with E-state index in [1.165, 1.54) is 31.4 Å². The fraction of sp³-hybridized carbons (Fsp3) is 0.0833. The topological polar surface area (TPSA) is 105 Å². The number of benzene rings is 3. The Bertz CT molecular complexity index is 1410. The highest BCUT2D eigenvalue weighted by Gasteiger charge is 2.22. The van der Waals surface area contributed by atoms with Gasteiger partial charge >= 0.3 is 10.1 Å². The van der Waals surface area contributed by atoms with E-state index >= 15 is 0 Å². The molecule has 0 aliphatic heterocycles. The number of nitrogens with one attached hydrogen (secondary N) is 1. The first-order chi connectivity index (χ1) is 16.1. The Hall–Kier alpha value is -3.07. The molecule has 0 atom stereocenters. The van der Waals surface area contributed by atoms with Crippen molar-refractivity contribution in [2.75, 3.05) is 12.4 Å². The zero-order valence-electron chi connectivity index (χ0n) is 18.0. The van der Waals surface area contributed by atoms with Gasteiger partial charge in [-0.2, -0.15) is 13.7 Å². The van der Waals surface area contributed by atoms with Gasteiger partial charge in [0.2, 0.25) is 0 Å². The van der Waals surface area contributed by atoms with Gasteiger partial charge in [-0.05, 0) is 77.6 Å². The average Bonchev–Trinajstić information content (AvgIpc) is 2.80. The molecule has 0 bridgehead atoms. The number of ether oxygens (including phenoxy) is 1. The Balaban J connectivity index is 1.92. The highest BCUT2D eigenvalue weighted by Crippen LogP contribution is 2.36. The first-order valence-corrected chi connectivity index (χ1v) is 12.6. The molecule has 0 saturated heterocycles. The van der Waals surface area contributed by atoms with Crippen LogP contribution >= 0.6 is 34.2 Å². The van der Waals surface area contributed by atoms with Crippen molar-refractivity contribution in [2.24, 2.45) is 0 Å². The summed E-state index contributed by atoms with van der Waals surface area (Å²) in [5.41, 5.74) is 1.53. The van der Waals surface area contributed by atoms with Crippen LogP contribution in [0.4, 0.5) is 5.69 Å². The molecule has 3 aromatic rings. The van der Waals surface area contributed by atoms with E-state index in [4.69, 9.17) is 20.5 Å². The summed E-state index contributed by atoms with van der Waals surface area (Å²) in [7, 11) is -2.75. The Labute approximate surface area is 216 Å². The predicted molar refractivity (Wildman–Crippen MR) is 138 cm³/mol. The monoisotopic (exact) mass is 608 g/mol. The molecule has 34 heavy (non-hydrogen) atoms. The number of methoxy groups -OCH3 is 1. The summed E-state index contributed by atoms with van der Waals surface area (Å²) in [6.45, 7) is 1.85. The molecule has 0 saturated carbocycles. The van der Waals surface area contributed by atoms with Crippen LogP contribution in [0.15, 0.2) is 71.1 Å². The number of nitriles is 1. The quantitative estimate of drug-likeness (QED) is 0.163. The minimum atomic E-state index is -4.11. The van der Waals surface area contributed by atoms with E-state index < -0.39 is 16.0 Å². The van der Waals surface area contributed by atoms with Crippen LogP contribution in [0.5, 0.6) is 11.5 Å². The van der Waals surface area contributed by atoms with E-state index in [9.17, 15) is 18.5 Å². The molecule has 1 amide bonds. The summed E-state index contributed by atoms with van der Waals surface area (Å²) in [6.07, 6.45) is 1.36. The van der Waals surface area contributed by atoms with Gasteiger partial charge < -0.3 is 14.2 Å². The number of amides is 1. The number of rotatable bonds is 7. The van der Waals surface area contributed by atoms with E-state index in [0.29, 0.717) is 19.8 Å². The van der Waals surface area contributed by atoms with Gasteiger partial charge in [0.15, 0.2) is 11.5 Å². The molecule has 0 spiro atoms. The third-order valence-electron chi connectivity index (χ3n) is 4.55. The molecule has 0 aliphatic carbocycles. The summed E-state index contributed by atoms with van der Waals surface area (Å²) in [5, 5.41) is 12.4. The van der Waals surface area contributed by atoms with Crippen LogP contribution in [0.2, 0.25) is 5.02 Å². The SMILES string of the molecule is COc1cc(/C=C(\C#N)C(=O)Nc2ccccc2Cl)cc(I)c1OS(=O)(=O)c1ccc(C)cc1. The smallest absolute Gasteiger partial charge is 0.339 e. The lowest BCUT2D eigenvalue weighted by molar-refractivity contribution is -0.112. The van der Waals surface area contributed by atoms with Gasteiger partial charge in [-0.15, -0.1) is 0 Å². The first-order valence-electron chi connectivity index (χ1n) is 9.71. The van der Waals surface area contributed by atoms with Gasteiger partial charge in [-0.3, -0.25) is 4.79 Å². The van der Waals surface area contributed by atoms with Gasteiger partial charge in [0.1, 0.15) is 16.5 Å². The first kappa shape index (κ1) is 25.6. The Morgan fingerprint density at radius 3 is 2.44 bits per heavy atom. The molecule has 174 valence electrons. The Kier molecular flexibility index (Phi) is 8.19. The maximum atomic E-state index is 12.7. The number of aryl methyl sites for hydroxylation is 1. The van der Waals surface area contributed by atoms with Crippen LogP contribution in [0, 0.1) is 21.8 Å². The molecule has 0 fully saturated rings. The van der Waals surface area contributed by atoms with Gasteiger partial charge in [0.05, 0.1) is 21.4 Å². The predicted octanol–water partition coefficient (Wildman–Crippen LogP) is 5.58. The van der Waals surface area contributed by atoms with E-state index in [2.05, 4.69) is 5.32 Å². The largest absolute Gasteiger partial charge is 0.493 e. The second-order valence-electron chi connectivity index (χ2n) is 6.99. The van der Waals surface area contributed by atoms with Crippen LogP contribution in [0.3, 0.4) is 0 Å². The van der Waals surface area contributed by atoms with Gasteiger partial charge in [0.25, 0.3) is 5.91 Å². The molecule has 0 unspecified atom stereocenters. The summed E-state index contributed by atoms with van der Waals surface area (Å²) < 4.78 is 36.6. The molecule has 0 heterocycles. The molecule has 10 heteroatoms. The van der Waals surface area contributed by atoms with E-state index in [1.54, 1.807) is 42.5 Å². The van der Waals surface area contributed by atoms with Crippen LogP contribution in [-0.2, 0) is 14.9 Å². The highest BCUT2D eigenvalue weighted by atomic mass is 127. The van der Waals surface area contributed by atoms with Crippen LogP contribution in [0.25, 0.3) is 6.08 Å². The summed E-state index contributed by atoms with van der Waals surface area (Å²) >= 11 is 7.96. The molecular weight excluding hydrogens is 591 g/mol. The van der Waals surface area contributed by atoms with Crippen molar-refractivity contribution >= 4 is 62.0 Å². The Morgan fingerprint density at radius 1 is 1.15 bits per heavy atom. The van der Waals surface area contributed by atoms with Crippen LogP contribution in [-0.4, -0.2) is 21.4 Å². The fourth-order valence-corrected chi connectivity index (χ4v) is 4.86. The fourth-order valence-electron chi connectivity index (χ4n) is 2.83.